The van der Waals surface area contributed by atoms with Gasteiger partial charge in [-0.05, 0) is 46.5 Å². The summed E-state index contributed by atoms with van der Waals surface area (Å²) in [4.78, 5) is 0. The highest BCUT2D eigenvalue weighted by Gasteiger charge is 2.09. The minimum absolute atomic E-state index is 0.0940. The van der Waals surface area contributed by atoms with Crippen molar-refractivity contribution in [1.29, 1.82) is 0 Å². The van der Waals surface area contributed by atoms with Gasteiger partial charge in [0.1, 0.15) is 11.6 Å². The average molecular weight is 361 g/mol. The van der Waals surface area contributed by atoms with Crippen molar-refractivity contribution < 1.29 is 12.8 Å². The van der Waals surface area contributed by atoms with Gasteiger partial charge in [0.05, 0.1) is 5.02 Å². The third-order valence-corrected chi connectivity index (χ3v) is 4.25. The third-order valence-electron chi connectivity index (χ3n) is 3.54. The van der Waals surface area contributed by atoms with Crippen LogP contribution in [0.3, 0.4) is 0 Å². The topological polar surface area (TPSA) is 26.3 Å². The van der Waals surface area contributed by atoms with Gasteiger partial charge in [-0.25, -0.2) is 8.60 Å². The molecule has 0 aliphatic rings. The number of hydrogen-bond acceptors (Lipinski definition) is 2. The maximum absolute atomic E-state index is 13.4. The van der Waals surface area contributed by atoms with Crippen LogP contribution in [0.2, 0.25) is 5.02 Å². The van der Waals surface area contributed by atoms with Crippen molar-refractivity contribution >= 4 is 22.7 Å². The molecule has 24 heavy (non-hydrogen) atoms. The molecular formula is C19H14ClFO2S. The monoisotopic (exact) mass is 360 g/mol. The molecule has 122 valence electrons. The largest absolute Gasteiger partial charge is 0.401 e. The molecule has 0 aliphatic carbocycles. The Morgan fingerprint density at radius 3 is 2.08 bits per heavy atom. The lowest BCUT2D eigenvalue weighted by Crippen LogP contribution is -1.96. The van der Waals surface area contributed by atoms with Crippen LogP contribution in [-0.2, 0) is 11.1 Å². The van der Waals surface area contributed by atoms with Crippen LogP contribution in [0.25, 0.3) is 22.3 Å². The van der Waals surface area contributed by atoms with Gasteiger partial charge in [-0.1, -0.05) is 54.1 Å². The maximum Gasteiger partial charge on any atom is 0.203 e. The van der Waals surface area contributed by atoms with Crippen LogP contribution < -0.4 is 4.18 Å². The predicted molar refractivity (Wildman–Crippen MR) is 97.0 cm³/mol. The van der Waals surface area contributed by atoms with Gasteiger partial charge in [0.25, 0.3) is 0 Å². The van der Waals surface area contributed by atoms with E-state index in [1.54, 1.807) is 24.3 Å². The molecule has 0 amide bonds. The van der Waals surface area contributed by atoms with E-state index in [0.29, 0.717) is 5.75 Å². The molecule has 0 radical (unpaired) electrons. The Labute approximate surface area is 147 Å². The standard InChI is InChI=1S/C19H14ClFO2S/c1-24(22)23-15-9-6-13(7-10-15)16-4-2-3-5-17(16)14-8-11-19(21)18(20)12-14/h2-12H,1H3. The second kappa shape index (κ2) is 7.16. The van der Waals surface area contributed by atoms with Crippen molar-refractivity contribution in [3.05, 3.63) is 77.6 Å². The molecule has 0 heterocycles. The zero-order valence-electron chi connectivity index (χ0n) is 12.8. The number of benzene rings is 3. The summed E-state index contributed by atoms with van der Waals surface area (Å²) in [7, 11) is 0. The molecule has 0 fully saturated rings. The zero-order valence-corrected chi connectivity index (χ0v) is 14.4. The highest BCUT2D eigenvalue weighted by molar-refractivity contribution is 7.79. The van der Waals surface area contributed by atoms with Gasteiger partial charge in [0, 0.05) is 6.26 Å². The summed E-state index contributed by atoms with van der Waals surface area (Å²) in [6.07, 6.45) is 1.47. The number of rotatable bonds is 4. The van der Waals surface area contributed by atoms with Crippen molar-refractivity contribution in [2.45, 2.75) is 0 Å². The molecular weight excluding hydrogens is 347 g/mol. The quantitative estimate of drug-likeness (QED) is 0.615. The summed E-state index contributed by atoms with van der Waals surface area (Å²) < 4.78 is 29.7. The second-order valence-corrected chi connectivity index (χ2v) is 6.56. The van der Waals surface area contributed by atoms with Gasteiger partial charge in [0.15, 0.2) is 0 Å². The van der Waals surface area contributed by atoms with Gasteiger partial charge in [-0.2, -0.15) is 0 Å². The molecule has 0 saturated carbocycles. The third kappa shape index (κ3) is 3.66. The highest BCUT2D eigenvalue weighted by Crippen LogP contribution is 2.34. The Morgan fingerprint density at radius 1 is 0.917 bits per heavy atom. The van der Waals surface area contributed by atoms with E-state index in [-0.39, 0.29) is 5.02 Å². The Kier molecular flexibility index (Phi) is 4.97. The lowest BCUT2D eigenvalue weighted by molar-refractivity contribution is 0.568. The van der Waals surface area contributed by atoms with Gasteiger partial charge in [0.2, 0.25) is 11.1 Å². The molecule has 3 aromatic carbocycles. The lowest BCUT2D eigenvalue weighted by atomic mass is 9.94. The first-order valence-corrected chi connectivity index (χ1v) is 9.07. The SMILES string of the molecule is CS(=O)Oc1ccc(-c2ccccc2-c2ccc(F)c(Cl)c2)cc1. The number of halogens is 2. The molecule has 3 aromatic rings. The molecule has 0 aliphatic heterocycles. The highest BCUT2D eigenvalue weighted by atomic mass is 35.5. The molecule has 0 spiro atoms. The first kappa shape index (κ1) is 16.7. The molecule has 1 unspecified atom stereocenters. The number of hydrogen-bond donors (Lipinski definition) is 0. The molecule has 0 bridgehead atoms. The Hall–Kier alpha value is -2.17. The fourth-order valence-corrected chi connectivity index (χ4v) is 3.04. The minimum Gasteiger partial charge on any atom is -0.401 e. The lowest BCUT2D eigenvalue weighted by Gasteiger charge is -2.11. The van der Waals surface area contributed by atoms with E-state index in [1.165, 1.54) is 12.3 Å². The average Bonchev–Trinajstić information content (AvgIpc) is 2.58. The van der Waals surface area contributed by atoms with Crippen molar-refractivity contribution in [2.75, 3.05) is 6.26 Å². The molecule has 2 nitrogen and oxygen atoms in total. The van der Waals surface area contributed by atoms with Gasteiger partial charge < -0.3 is 4.18 Å². The Morgan fingerprint density at radius 2 is 1.50 bits per heavy atom. The van der Waals surface area contributed by atoms with Crippen molar-refractivity contribution in [3.63, 3.8) is 0 Å². The first-order valence-electron chi connectivity index (χ1n) is 7.21. The maximum atomic E-state index is 13.4. The summed E-state index contributed by atoms with van der Waals surface area (Å²) in [6.45, 7) is 0. The normalized spacial score (nSPS) is 12.0. The van der Waals surface area contributed by atoms with Crippen molar-refractivity contribution in [3.8, 4) is 28.0 Å². The van der Waals surface area contributed by atoms with E-state index >= 15 is 0 Å². The zero-order chi connectivity index (χ0) is 17.1. The van der Waals surface area contributed by atoms with Gasteiger partial charge in [-0.15, -0.1) is 0 Å². The molecule has 0 aromatic heterocycles. The minimum atomic E-state index is -1.36. The summed E-state index contributed by atoms with van der Waals surface area (Å²) in [6, 6.07) is 19.8. The molecule has 0 N–H and O–H groups in total. The van der Waals surface area contributed by atoms with Crippen LogP contribution in [0.1, 0.15) is 0 Å². The van der Waals surface area contributed by atoms with E-state index in [1.807, 2.05) is 36.4 Å². The summed E-state index contributed by atoms with van der Waals surface area (Å²) in [5.74, 6) is 0.105. The van der Waals surface area contributed by atoms with Crippen LogP contribution in [0.5, 0.6) is 5.75 Å². The van der Waals surface area contributed by atoms with Crippen molar-refractivity contribution in [2.24, 2.45) is 0 Å². The van der Waals surface area contributed by atoms with E-state index in [0.717, 1.165) is 22.3 Å². The van der Waals surface area contributed by atoms with Crippen LogP contribution in [-0.4, -0.2) is 10.5 Å². The molecule has 0 saturated heterocycles. The fourth-order valence-electron chi connectivity index (χ4n) is 2.48. The van der Waals surface area contributed by atoms with Crippen LogP contribution in [0.15, 0.2) is 66.7 Å². The molecule has 5 heteroatoms. The summed E-state index contributed by atoms with van der Waals surface area (Å²) >= 11 is 4.55. The summed E-state index contributed by atoms with van der Waals surface area (Å²) in [5.41, 5.74) is 3.75. The summed E-state index contributed by atoms with van der Waals surface area (Å²) in [5, 5.41) is 0.0940. The fraction of sp³-hybridized carbons (Fsp3) is 0.0526. The van der Waals surface area contributed by atoms with E-state index in [4.69, 9.17) is 15.8 Å². The van der Waals surface area contributed by atoms with E-state index in [2.05, 4.69) is 0 Å². The molecule has 3 rings (SSSR count). The van der Waals surface area contributed by atoms with E-state index < -0.39 is 16.9 Å². The first-order chi connectivity index (χ1) is 11.5. The van der Waals surface area contributed by atoms with E-state index in [9.17, 15) is 8.60 Å². The smallest absolute Gasteiger partial charge is 0.203 e. The van der Waals surface area contributed by atoms with Crippen LogP contribution in [0, 0.1) is 5.82 Å². The Bertz CT molecular complexity index is 894. The van der Waals surface area contributed by atoms with Crippen LogP contribution >= 0.6 is 11.6 Å². The Balaban J connectivity index is 2.03. The predicted octanol–water partition coefficient (Wildman–Crippen LogP) is 5.49. The molecule has 1 atom stereocenters. The second-order valence-electron chi connectivity index (χ2n) is 5.18. The van der Waals surface area contributed by atoms with Gasteiger partial charge in [-0.3, -0.25) is 0 Å². The van der Waals surface area contributed by atoms with Gasteiger partial charge >= 0.3 is 0 Å². The van der Waals surface area contributed by atoms with Crippen LogP contribution in [0.4, 0.5) is 4.39 Å². The van der Waals surface area contributed by atoms with Crippen molar-refractivity contribution in [1.82, 2.24) is 0 Å².